The van der Waals surface area contributed by atoms with E-state index < -0.39 is 9.84 Å². The van der Waals surface area contributed by atoms with Crippen molar-refractivity contribution in [2.24, 2.45) is 5.92 Å². The van der Waals surface area contributed by atoms with Gasteiger partial charge in [0, 0.05) is 12.8 Å². The quantitative estimate of drug-likeness (QED) is 0.743. The Balaban J connectivity index is 0.00000242. The third-order valence-corrected chi connectivity index (χ3v) is 4.26. The summed E-state index contributed by atoms with van der Waals surface area (Å²) in [6.45, 7) is 1.57. The van der Waals surface area contributed by atoms with Crippen LogP contribution in [0.1, 0.15) is 24.0 Å². The van der Waals surface area contributed by atoms with Gasteiger partial charge in [-0.1, -0.05) is 24.3 Å². The van der Waals surface area contributed by atoms with Gasteiger partial charge >= 0.3 is 0 Å². The summed E-state index contributed by atoms with van der Waals surface area (Å²) in [7, 11) is -3.08. The van der Waals surface area contributed by atoms with Crippen LogP contribution in [0.3, 0.4) is 0 Å². The van der Waals surface area contributed by atoms with Crippen molar-refractivity contribution in [1.82, 2.24) is 10.6 Å². The molecule has 0 spiro atoms. The Morgan fingerprint density at radius 2 is 1.86 bits per heavy atom. The van der Waals surface area contributed by atoms with Gasteiger partial charge in [0.2, 0.25) is 5.91 Å². The average Bonchev–Trinajstić information content (AvgIpc) is 3.20. The summed E-state index contributed by atoms with van der Waals surface area (Å²) in [5.74, 6) is 0.678. The maximum Gasteiger partial charge on any atom is 0.234 e. The van der Waals surface area contributed by atoms with Gasteiger partial charge in [-0.15, -0.1) is 12.4 Å². The van der Waals surface area contributed by atoms with Crippen molar-refractivity contribution >= 4 is 28.2 Å². The van der Waals surface area contributed by atoms with E-state index in [1.165, 1.54) is 19.1 Å². The van der Waals surface area contributed by atoms with Gasteiger partial charge in [0.1, 0.15) is 0 Å². The van der Waals surface area contributed by atoms with Crippen molar-refractivity contribution < 1.29 is 13.2 Å². The van der Waals surface area contributed by atoms with E-state index >= 15 is 0 Å². The fourth-order valence-corrected chi connectivity index (χ4v) is 2.97. The zero-order chi connectivity index (χ0) is 15.3. The molecule has 1 saturated carbocycles. The van der Waals surface area contributed by atoms with Gasteiger partial charge in [-0.3, -0.25) is 4.79 Å². The van der Waals surface area contributed by atoms with Crippen LogP contribution in [-0.2, 0) is 26.9 Å². The molecule has 5 nitrogen and oxygen atoms in total. The minimum atomic E-state index is -3.08. The molecule has 0 aromatic heterocycles. The Kier molecular flexibility index (Phi) is 7.32. The van der Waals surface area contributed by atoms with Gasteiger partial charge in [-0.2, -0.15) is 0 Å². The van der Waals surface area contributed by atoms with Crippen LogP contribution in [-0.4, -0.2) is 33.7 Å². The predicted molar refractivity (Wildman–Crippen MR) is 89.7 cm³/mol. The Morgan fingerprint density at radius 3 is 2.45 bits per heavy atom. The molecule has 0 bridgehead atoms. The lowest BCUT2D eigenvalue weighted by molar-refractivity contribution is -0.120. The van der Waals surface area contributed by atoms with Gasteiger partial charge in [-0.05, 0) is 36.4 Å². The first-order valence-electron chi connectivity index (χ1n) is 7.16. The van der Waals surface area contributed by atoms with Crippen LogP contribution < -0.4 is 10.6 Å². The van der Waals surface area contributed by atoms with Crippen molar-refractivity contribution in [2.75, 3.05) is 19.3 Å². The largest absolute Gasteiger partial charge is 0.351 e. The summed E-state index contributed by atoms with van der Waals surface area (Å²) >= 11 is 0. The normalized spacial score (nSPS) is 14.2. The van der Waals surface area contributed by atoms with Crippen LogP contribution in [0.15, 0.2) is 24.3 Å². The number of hydrogen-bond acceptors (Lipinski definition) is 4. The van der Waals surface area contributed by atoms with Crippen molar-refractivity contribution in [3.63, 3.8) is 0 Å². The van der Waals surface area contributed by atoms with E-state index in [-0.39, 0.29) is 24.1 Å². The SMILES string of the molecule is CS(=O)(=O)Cc1ccccc1CNC(=O)CNCC1CC1.Cl. The van der Waals surface area contributed by atoms with E-state index in [2.05, 4.69) is 10.6 Å². The fourth-order valence-electron chi connectivity index (χ4n) is 2.12. The summed E-state index contributed by atoms with van der Waals surface area (Å²) < 4.78 is 22.8. The van der Waals surface area contributed by atoms with Crippen molar-refractivity contribution in [3.05, 3.63) is 35.4 Å². The molecule has 0 unspecified atom stereocenters. The molecule has 0 radical (unpaired) electrons. The smallest absolute Gasteiger partial charge is 0.234 e. The standard InChI is InChI=1S/C15H22N2O3S.ClH/c1-21(19,20)11-14-5-3-2-4-13(14)9-17-15(18)10-16-8-12-6-7-12;/h2-5,12,16H,6-11H2,1H3,(H,17,18);1H. The van der Waals surface area contributed by atoms with E-state index in [4.69, 9.17) is 0 Å². The Labute approximate surface area is 138 Å². The third-order valence-electron chi connectivity index (χ3n) is 3.43. The minimum Gasteiger partial charge on any atom is -0.351 e. The van der Waals surface area contributed by atoms with Crippen LogP contribution in [0.2, 0.25) is 0 Å². The van der Waals surface area contributed by atoms with Crippen molar-refractivity contribution in [3.8, 4) is 0 Å². The molecule has 0 saturated heterocycles. The van der Waals surface area contributed by atoms with Crippen LogP contribution in [0.4, 0.5) is 0 Å². The molecule has 0 heterocycles. The zero-order valence-electron chi connectivity index (χ0n) is 12.7. The molecule has 1 aromatic rings. The van der Waals surface area contributed by atoms with Gasteiger partial charge in [0.15, 0.2) is 9.84 Å². The summed E-state index contributed by atoms with van der Waals surface area (Å²) in [4.78, 5) is 11.7. The number of rotatable bonds is 8. The maximum atomic E-state index is 11.7. The molecule has 1 aliphatic carbocycles. The van der Waals surface area contributed by atoms with E-state index in [1.54, 1.807) is 6.07 Å². The molecule has 2 N–H and O–H groups in total. The van der Waals surface area contributed by atoms with E-state index in [1.807, 2.05) is 18.2 Å². The van der Waals surface area contributed by atoms with E-state index in [9.17, 15) is 13.2 Å². The highest BCUT2D eigenvalue weighted by molar-refractivity contribution is 7.89. The van der Waals surface area contributed by atoms with Gasteiger partial charge in [-0.25, -0.2) is 8.42 Å². The highest BCUT2D eigenvalue weighted by atomic mass is 35.5. The molecule has 1 aliphatic rings. The molecule has 22 heavy (non-hydrogen) atoms. The highest BCUT2D eigenvalue weighted by Crippen LogP contribution is 2.27. The van der Waals surface area contributed by atoms with Crippen molar-refractivity contribution in [2.45, 2.75) is 25.1 Å². The number of amides is 1. The fraction of sp³-hybridized carbons (Fsp3) is 0.533. The number of benzene rings is 1. The zero-order valence-corrected chi connectivity index (χ0v) is 14.3. The number of carbonyl (C=O) groups excluding carboxylic acids is 1. The molecular weight excluding hydrogens is 324 g/mol. The number of halogens is 1. The van der Waals surface area contributed by atoms with Crippen LogP contribution in [0, 0.1) is 5.92 Å². The molecule has 1 fully saturated rings. The van der Waals surface area contributed by atoms with Gasteiger partial charge in [0.05, 0.1) is 12.3 Å². The van der Waals surface area contributed by atoms with Gasteiger partial charge in [0.25, 0.3) is 0 Å². The van der Waals surface area contributed by atoms with Crippen LogP contribution in [0.5, 0.6) is 0 Å². The molecule has 2 rings (SSSR count). The van der Waals surface area contributed by atoms with Crippen LogP contribution >= 0.6 is 12.4 Å². The minimum absolute atomic E-state index is 0. The second-order valence-electron chi connectivity index (χ2n) is 5.69. The Hall–Kier alpha value is -1.11. The number of hydrogen-bond donors (Lipinski definition) is 2. The lowest BCUT2D eigenvalue weighted by Crippen LogP contribution is -2.34. The first kappa shape index (κ1) is 18.9. The second kappa shape index (κ2) is 8.50. The lowest BCUT2D eigenvalue weighted by Gasteiger charge is -2.10. The molecule has 124 valence electrons. The summed E-state index contributed by atoms with van der Waals surface area (Å²) in [6.07, 6.45) is 3.73. The number of nitrogens with one attached hydrogen (secondary N) is 2. The van der Waals surface area contributed by atoms with E-state index in [0.717, 1.165) is 23.6 Å². The summed E-state index contributed by atoms with van der Waals surface area (Å²) in [6, 6.07) is 7.29. The molecule has 0 aliphatic heterocycles. The molecule has 7 heteroatoms. The number of carbonyl (C=O) groups is 1. The van der Waals surface area contributed by atoms with Crippen LogP contribution in [0.25, 0.3) is 0 Å². The summed E-state index contributed by atoms with van der Waals surface area (Å²) in [5, 5.41) is 5.95. The second-order valence-corrected chi connectivity index (χ2v) is 7.83. The Bertz CT molecular complexity index is 601. The molecule has 0 atom stereocenters. The predicted octanol–water partition coefficient (Wildman–Crippen LogP) is 1.27. The Morgan fingerprint density at radius 1 is 1.23 bits per heavy atom. The molecular formula is C15H23ClN2O3S. The molecule has 1 aromatic carbocycles. The monoisotopic (exact) mass is 346 g/mol. The first-order valence-corrected chi connectivity index (χ1v) is 9.22. The lowest BCUT2D eigenvalue weighted by atomic mass is 10.1. The maximum absolute atomic E-state index is 11.7. The highest BCUT2D eigenvalue weighted by Gasteiger charge is 2.20. The van der Waals surface area contributed by atoms with Crippen molar-refractivity contribution in [1.29, 1.82) is 0 Å². The first-order chi connectivity index (χ1) is 9.94. The van der Waals surface area contributed by atoms with Gasteiger partial charge < -0.3 is 10.6 Å². The summed E-state index contributed by atoms with van der Waals surface area (Å²) in [5.41, 5.74) is 1.59. The average molecular weight is 347 g/mol. The number of sulfone groups is 1. The topological polar surface area (TPSA) is 75.3 Å². The third kappa shape index (κ3) is 7.24. The molecule has 1 amide bonds. The van der Waals surface area contributed by atoms with E-state index in [0.29, 0.717) is 13.1 Å².